The van der Waals surface area contributed by atoms with Gasteiger partial charge in [0.25, 0.3) is 0 Å². The summed E-state index contributed by atoms with van der Waals surface area (Å²) in [4.78, 5) is 0. The molecule has 0 spiro atoms. The minimum atomic E-state index is -0.0389. The average molecular weight is 299 g/mol. The lowest BCUT2D eigenvalue weighted by Gasteiger charge is -2.21. The van der Waals surface area contributed by atoms with Crippen molar-refractivity contribution in [3.8, 4) is 11.5 Å². The van der Waals surface area contributed by atoms with Crippen LogP contribution in [0.4, 0.5) is 0 Å². The van der Waals surface area contributed by atoms with E-state index in [0.717, 1.165) is 29.9 Å². The largest absolute Gasteiger partial charge is 0.490 e. The number of halogens is 1. The van der Waals surface area contributed by atoms with Crippen LogP contribution in [-0.4, -0.2) is 24.9 Å². The molecule has 1 fully saturated rings. The van der Waals surface area contributed by atoms with Gasteiger partial charge < -0.3 is 14.2 Å². The highest BCUT2D eigenvalue weighted by atomic mass is 35.5. The van der Waals surface area contributed by atoms with E-state index in [1.807, 2.05) is 25.1 Å². The second-order valence-electron chi connectivity index (χ2n) is 5.66. The third kappa shape index (κ3) is 3.80. The van der Waals surface area contributed by atoms with Crippen LogP contribution in [0.1, 0.15) is 39.2 Å². The number of rotatable bonds is 6. The summed E-state index contributed by atoms with van der Waals surface area (Å²) in [6, 6.07) is 5.81. The van der Waals surface area contributed by atoms with E-state index < -0.39 is 0 Å². The van der Waals surface area contributed by atoms with Gasteiger partial charge in [0.05, 0.1) is 24.2 Å². The molecular formula is C16H23ClO3. The number of para-hydroxylation sites is 1. The van der Waals surface area contributed by atoms with Crippen LogP contribution in [0, 0.1) is 0 Å². The molecule has 1 aromatic rings. The highest BCUT2D eigenvalue weighted by Crippen LogP contribution is 2.34. The molecular weight excluding hydrogens is 276 g/mol. The summed E-state index contributed by atoms with van der Waals surface area (Å²) in [5, 5.41) is 0. The normalized spacial score (nSPS) is 20.9. The molecule has 2 rings (SSSR count). The van der Waals surface area contributed by atoms with Crippen LogP contribution in [0.2, 0.25) is 0 Å². The minimum Gasteiger partial charge on any atom is -0.490 e. The Hall–Kier alpha value is -0.930. The molecule has 0 radical (unpaired) electrons. The van der Waals surface area contributed by atoms with Crippen LogP contribution < -0.4 is 9.47 Å². The third-order valence-electron chi connectivity index (χ3n) is 3.47. The molecule has 0 amide bonds. The molecule has 1 aromatic carbocycles. The van der Waals surface area contributed by atoms with Crippen molar-refractivity contribution in [1.82, 2.24) is 0 Å². The number of alkyl halides is 1. The van der Waals surface area contributed by atoms with Gasteiger partial charge in [-0.2, -0.15) is 0 Å². The number of hydrogen-bond acceptors (Lipinski definition) is 3. The molecule has 112 valence electrons. The lowest BCUT2D eigenvalue weighted by atomic mass is 10.1. The maximum atomic E-state index is 5.98. The van der Waals surface area contributed by atoms with E-state index in [4.69, 9.17) is 25.8 Å². The van der Waals surface area contributed by atoms with Crippen molar-refractivity contribution in [3.05, 3.63) is 23.8 Å². The molecule has 0 aliphatic carbocycles. The SMILES string of the molecule is CCOc1cccc(CCl)c1OCC1CCC(C)(C)O1. The van der Waals surface area contributed by atoms with E-state index in [9.17, 15) is 0 Å². The van der Waals surface area contributed by atoms with Crippen molar-refractivity contribution < 1.29 is 14.2 Å². The Morgan fingerprint density at radius 1 is 1.35 bits per heavy atom. The van der Waals surface area contributed by atoms with Gasteiger partial charge in [-0.05, 0) is 39.7 Å². The number of benzene rings is 1. The maximum absolute atomic E-state index is 5.98. The standard InChI is InChI=1S/C16H23ClO3/c1-4-18-14-7-5-6-12(10-17)15(14)19-11-13-8-9-16(2,3)20-13/h5-7,13H,4,8-11H2,1-3H3. The molecule has 1 aliphatic heterocycles. The molecule has 1 unspecified atom stereocenters. The van der Waals surface area contributed by atoms with Crippen molar-refractivity contribution in [3.63, 3.8) is 0 Å². The molecule has 4 heteroatoms. The topological polar surface area (TPSA) is 27.7 Å². The summed E-state index contributed by atoms with van der Waals surface area (Å²) in [6.45, 7) is 7.34. The van der Waals surface area contributed by atoms with Crippen LogP contribution in [0.5, 0.6) is 11.5 Å². The van der Waals surface area contributed by atoms with Crippen LogP contribution in [0.15, 0.2) is 18.2 Å². The second kappa shape index (κ2) is 6.68. The summed E-state index contributed by atoms with van der Waals surface area (Å²) >= 11 is 5.98. The van der Waals surface area contributed by atoms with E-state index in [1.54, 1.807) is 0 Å². The van der Waals surface area contributed by atoms with Crippen LogP contribution >= 0.6 is 11.6 Å². The minimum absolute atomic E-state index is 0.0389. The molecule has 1 heterocycles. The van der Waals surface area contributed by atoms with E-state index >= 15 is 0 Å². The van der Waals surface area contributed by atoms with Gasteiger partial charge in [-0.25, -0.2) is 0 Å². The van der Waals surface area contributed by atoms with Gasteiger partial charge in [-0.1, -0.05) is 12.1 Å². The first kappa shape index (κ1) is 15.5. The molecule has 0 N–H and O–H groups in total. The third-order valence-corrected chi connectivity index (χ3v) is 3.76. The zero-order valence-electron chi connectivity index (χ0n) is 12.4. The van der Waals surface area contributed by atoms with Gasteiger partial charge in [0.1, 0.15) is 6.61 Å². The van der Waals surface area contributed by atoms with Gasteiger partial charge in [-0.3, -0.25) is 0 Å². The lowest BCUT2D eigenvalue weighted by Crippen LogP contribution is -2.24. The first-order valence-electron chi connectivity index (χ1n) is 7.17. The Morgan fingerprint density at radius 3 is 2.75 bits per heavy atom. The Kier molecular flexibility index (Phi) is 5.17. The molecule has 0 bridgehead atoms. The van der Waals surface area contributed by atoms with E-state index in [2.05, 4.69) is 13.8 Å². The molecule has 1 atom stereocenters. The Labute approximate surface area is 126 Å². The van der Waals surface area contributed by atoms with Gasteiger partial charge in [-0.15, -0.1) is 11.6 Å². The molecule has 20 heavy (non-hydrogen) atoms. The van der Waals surface area contributed by atoms with E-state index in [0.29, 0.717) is 19.1 Å². The van der Waals surface area contributed by atoms with Crippen LogP contribution in [0.25, 0.3) is 0 Å². The number of ether oxygens (including phenoxy) is 3. The van der Waals surface area contributed by atoms with Gasteiger partial charge in [0.2, 0.25) is 0 Å². The summed E-state index contributed by atoms with van der Waals surface area (Å²) in [7, 11) is 0. The van der Waals surface area contributed by atoms with E-state index in [1.165, 1.54) is 0 Å². The summed E-state index contributed by atoms with van der Waals surface area (Å²) in [6.07, 6.45) is 2.24. The van der Waals surface area contributed by atoms with Crippen molar-refractivity contribution in [2.45, 2.75) is 51.2 Å². The first-order chi connectivity index (χ1) is 9.55. The second-order valence-corrected chi connectivity index (χ2v) is 5.93. The van der Waals surface area contributed by atoms with Crippen molar-refractivity contribution >= 4 is 11.6 Å². The van der Waals surface area contributed by atoms with Gasteiger partial charge >= 0.3 is 0 Å². The highest BCUT2D eigenvalue weighted by Gasteiger charge is 2.32. The summed E-state index contributed by atoms with van der Waals surface area (Å²) < 4.78 is 17.5. The van der Waals surface area contributed by atoms with Crippen molar-refractivity contribution in [1.29, 1.82) is 0 Å². The molecule has 1 saturated heterocycles. The monoisotopic (exact) mass is 298 g/mol. The maximum Gasteiger partial charge on any atom is 0.165 e. The summed E-state index contributed by atoms with van der Waals surface area (Å²) in [5.41, 5.74) is 0.915. The lowest BCUT2D eigenvalue weighted by molar-refractivity contribution is -0.0330. The molecule has 1 aliphatic rings. The Bertz CT molecular complexity index is 445. The predicted molar refractivity (Wildman–Crippen MR) is 80.8 cm³/mol. The van der Waals surface area contributed by atoms with Crippen molar-refractivity contribution in [2.75, 3.05) is 13.2 Å². The zero-order chi connectivity index (χ0) is 14.6. The highest BCUT2D eigenvalue weighted by molar-refractivity contribution is 6.17. The Balaban J connectivity index is 2.04. The van der Waals surface area contributed by atoms with E-state index in [-0.39, 0.29) is 11.7 Å². The fourth-order valence-electron chi connectivity index (χ4n) is 2.47. The van der Waals surface area contributed by atoms with Gasteiger partial charge in [0.15, 0.2) is 11.5 Å². The smallest absolute Gasteiger partial charge is 0.165 e. The first-order valence-corrected chi connectivity index (χ1v) is 7.70. The van der Waals surface area contributed by atoms with Crippen molar-refractivity contribution in [2.24, 2.45) is 0 Å². The predicted octanol–water partition coefficient (Wildman–Crippen LogP) is 4.16. The fraction of sp³-hybridized carbons (Fsp3) is 0.625. The Morgan fingerprint density at radius 2 is 2.15 bits per heavy atom. The quantitative estimate of drug-likeness (QED) is 0.738. The van der Waals surface area contributed by atoms with Crippen LogP contribution in [-0.2, 0) is 10.6 Å². The fourth-order valence-corrected chi connectivity index (χ4v) is 2.68. The average Bonchev–Trinajstić information content (AvgIpc) is 2.77. The van der Waals surface area contributed by atoms with Crippen LogP contribution in [0.3, 0.4) is 0 Å². The zero-order valence-corrected chi connectivity index (χ0v) is 13.2. The molecule has 3 nitrogen and oxygen atoms in total. The molecule has 0 aromatic heterocycles. The van der Waals surface area contributed by atoms with Gasteiger partial charge in [0, 0.05) is 5.56 Å². The summed E-state index contributed by atoms with van der Waals surface area (Å²) in [5.74, 6) is 1.91. The molecule has 0 saturated carbocycles. The number of hydrogen-bond donors (Lipinski definition) is 0.